The van der Waals surface area contributed by atoms with Crippen LogP contribution in [0.15, 0.2) is 35.7 Å². The predicted molar refractivity (Wildman–Crippen MR) is 75.3 cm³/mol. The molecular formula is C13H10ClNO4S. The van der Waals surface area contributed by atoms with Crippen LogP contribution in [0.4, 0.5) is 0 Å². The third-order valence-corrected chi connectivity index (χ3v) is 3.80. The number of aliphatic carboxylic acids is 1. The largest absolute Gasteiger partial charge is 0.506 e. The van der Waals surface area contributed by atoms with Crippen LogP contribution in [0, 0.1) is 0 Å². The molecule has 1 aromatic carbocycles. The number of carbonyl (C=O) groups excluding carboxylic acids is 1. The Hall–Kier alpha value is -2.05. The lowest BCUT2D eigenvalue weighted by molar-refractivity contribution is -0.139. The lowest BCUT2D eigenvalue weighted by atomic mass is 10.1. The molecule has 0 fully saturated rings. The Balaban J connectivity index is 2.20. The van der Waals surface area contributed by atoms with E-state index >= 15 is 0 Å². The number of aromatic hydroxyl groups is 1. The van der Waals surface area contributed by atoms with Gasteiger partial charge in [-0.2, -0.15) is 0 Å². The molecule has 104 valence electrons. The van der Waals surface area contributed by atoms with Gasteiger partial charge in [0.05, 0.1) is 5.02 Å². The van der Waals surface area contributed by atoms with Crippen LogP contribution in [0.3, 0.4) is 0 Å². The van der Waals surface area contributed by atoms with E-state index in [4.69, 9.17) is 16.7 Å². The predicted octanol–water partition coefficient (Wildman–Crippen LogP) is 2.66. The molecule has 3 N–H and O–H groups in total. The summed E-state index contributed by atoms with van der Waals surface area (Å²) >= 11 is 6.95. The molecule has 1 aromatic heterocycles. The summed E-state index contributed by atoms with van der Waals surface area (Å²) in [6.45, 7) is 0. The maximum atomic E-state index is 12.0. The Labute approximate surface area is 123 Å². The zero-order valence-electron chi connectivity index (χ0n) is 10.0. The molecule has 0 aliphatic carbocycles. The van der Waals surface area contributed by atoms with E-state index < -0.39 is 17.9 Å². The molecule has 0 aliphatic rings. The second-order valence-corrected chi connectivity index (χ2v) is 5.31. The van der Waals surface area contributed by atoms with Crippen molar-refractivity contribution in [2.24, 2.45) is 0 Å². The van der Waals surface area contributed by atoms with Crippen molar-refractivity contribution in [2.75, 3.05) is 0 Å². The Kier molecular flexibility index (Phi) is 4.26. The summed E-state index contributed by atoms with van der Waals surface area (Å²) in [5.41, 5.74) is 0.176. The van der Waals surface area contributed by atoms with Gasteiger partial charge in [0.1, 0.15) is 5.75 Å². The number of carbonyl (C=O) groups is 2. The molecule has 0 radical (unpaired) electrons. The molecule has 0 saturated heterocycles. The number of benzene rings is 1. The van der Waals surface area contributed by atoms with Crippen molar-refractivity contribution in [1.82, 2.24) is 5.32 Å². The fourth-order valence-corrected chi connectivity index (χ4v) is 2.52. The molecule has 1 amide bonds. The van der Waals surface area contributed by atoms with Gasteiger partial charge in [0.15, 0.2) is 6.04 Å². The Bertz CT molecular complexity index is 642. The lowest BCUT2D eigenvalue weighted by Gasteiger charge is -2.13. The molecule has 0 saturated carbocycles. The first-order valence-electron chi connectivity index (χ1n) is 5.54. The van der Waals surface area contributed by atoms with Crippen LogP contribution < -0.4 is 5.32 Å². The summed E-state index contributed by atoms with van der Waals surface area (Å²) in [6.07, 6.45) is 0. The Morgan fingerprint density at radius 1 is 1.30 bits per heavy atom. The standard InChI is InChI=1S/C13H10ClNO4S/c14-8-6-7(3-4-9(8)16)12(17)15-11(13(18)19)10-2-1-5-20-10/h1-6,11,16H,(H,15,17)(H,18,19). The number of amides is 1. The van der Waals surface area contributed by atoms with Gasteiger partial charge in [-0.15, -0.1) is 11.3 Å². The minimum absolute atomic E-state index is 0.0284. The minimum Gasteiger partial charge on any atom is -0.506 e. The van der Waals surface area contributed by atoms with E-state index in [0.29, 0.717) is 4.88 Å². The van der Waals surface area contributed by atoms with Crippen molar-refractivity contribution in [3.8, 4) is 5.75 Å². The third-order valence-electron chi connectivity index (χ3n) is 2.56. The van der Waals surface area contributed by atoms with Crippen molar-refractivity contribution in [2.45, 2.75) is 6.04 Å². The maximum absolute atomic E-state index is 12.0. The highest BCUT2D eigenvalue weighted by Crippen LogP contribution is 2.24. The van der Waals surface area contributed by atoms with Gasteiger partial charge in [-0.25, -0.2) is 4.79 Å². The monoisotopic (exact) mass is 311 g/mol. The second-order valence-electron chi connectivity index (χ2n) is 3.93. The van der Waals surface area contributed by atoms with Crippen molar-refractivity contribution < 1.29 is 19.8 Å². The molecule has 1 heterocycles. The minimum atomic E-state index is -1.15. The molecule has 2 rings (SSSR count). The maximum Gasteiger partial charge on any atom is 0.331 e. The lowest BCUT2D eigenvalue weighted by Crippen LogP contribution is -2.33. The molecule has 0 spiro atoms. The van der Waals surface area contributed by atoms with Crippen LogP contribution in [0.2, 0.25) is 5.02 Å². The van der Waals surface area contributed by atoms with Gasteiger partial charge in [-0.05, 0) is 29.6 Å². The molecule has 5 nitrogen and oxygen atoms in total. The molecule has 1 atom stereocenters. The first-order valence-corrected chi connectivity index (χ1v) is 6.80. The zero-order valence-corrected chi connectivity index (χ0v) is 11.6. The van der Waals surface area contributed by atoms with Gasteiger partial charge in [-0.1, -0.05) is 17.7 Å². The summed E-state index contributed by atoms with van der Waals surface area (Å²) < 4.78 is 0. The third kappa shape index (κ3) is 3.09. The first-order chi connectivity index (χ1) is 9.49. The van der Waals surface area contributed by atoms with E-state index in [2.05, 4.69) is 5.32 Å². The fourth-order valence-electron chi connectivity index (χ4n) is 1.57. The van der Waals surface area contributed by atoms with Gasteiger partial charge in [0, 0.05) is 10.4 Å². The van der Waals surface area contributed by atoms with Gasteiger partial charge < -0.3 is 15.5 Å². The second kappa shape index (κ2) is 5.94. The summed E-state index contributed by atoms with van der Waals surface area (Å²) in [5.74, 6) is -1.87. The molecule has 20 heavy (non-hydrogen) atoms. The van der Waals surface area contributed by atoms with Crippen molar-refractivity contribution in [3.63, 3.8) is 0 Å². The average molecular weight is 312 g/mol. The summed E-state index contributed by atoms with van der Waals surface area (Å²) in [5, 5.41) is 22.6. The fraction of sp³-hybridized carbons (Fsp3) is 0.0769. The number of hydrogen-bond donors (Lipinski definition) is 3. The number of carboxylic acids is 1. The number of phenolic OH excluding ortho intramolecular Hbond substituents is 1. The highest BCUT2D eigenvalue weighted by atomic mass is 35.5. The number of carboxylic acid groups (broad SMARTS) is 1. The number of halogens is 1. The SMILES string of the molecule is O=C(NC(C(=O)O)c1cccs1)c1ccc(O)c(Cl)c1. The van der Waals surface area contributed by atoms with Gasteiger partial charge in [-0.3, -0.25) is 4.79 Å². The number of hydrogen-bond acceptors (Lipinski definition) is 4. The molecule has 0 bridgehead atoms. The summed E-state index contributed by atoms with van der Waals surface area (Å²) in [4.78, 5) is 23.7. The van der Waals surface area contributed by atoms with Crippen molar-refractivity contribution >= 4 is 34.8 Å². The smallest absolute Gasteiger partial charge is 0.331 e. The van der Waals surface area contributed by atoms with E-state index in [0.717, 1.165) is 0 Å². The summed E-state index contributed by atoms with van der Waals surface area (Å²) in [7, 11) is 0. The van der Waals surface area contributed by atoms with Gasteiger partial charge >= 0.3 is 5.97 Å². The van der Waals surface area contributed by atoms with E-state index in [1.54, 1.807) is 17.5 Å². The summed E-state index contributed by atoms with van der Waals surface area (Å²) in [6, 6.07) is 6.14. The normalized spacial score (nSPS) is 11.8. The van der Waals surface area contributed by atoms with E-state index in [1.165, 1.54) is 29.5 Å². The van der Waals surface area contributed by atoms with Crippen LogP contribution >= 0.6 is 22.9 Å². The first kappa shape index (κ1) is 14.4. The number of phenols is 1. The van der Waals surface area contributed by atoms with Crippen LogP contribution in [0.25, 0.3) is 0 Å². The van der Waals surface area contributed by atoms with Crippen molar-refractivity contribution in [1.29, 1.82) is 0 Å². The molecule has 0 aliphatic heterocycles. The molecule has 2 aromatic rings. The number of rotatable bonds is 4. The highest BCUT2D eigenvalue weighted by molar-refractivity contribution is 7.10. The molecular weight excluding hydrogens is 302 g/mol. The topological polar surface area (TPSA) is 86.6 Å². The van der Waals surface area contributed by atoms with Crippen LogP contribution in [-0.4, -0.2) is 22.1 Å². The van der Waals surface area contributed by atoms with Gasteiger partial charge in [0.2, 0.25) is 0 Å². The van der Waals surface area contributed by atoms with Crippen LogP contribution in [0.5, 0.6) is 5.75 Å². The highest BCUT2D eigenvalue weighted by Gasteiger charge is 2.23. The van der Waals surface area contributed by atoms with E-state index in [-0.39, 0.29) is 16.3 Å². The Morgan fingerprint density at radius 2 is 2.05 bits per heavy atom. The zero-order chi connectivity index (χ0) is 14.7. The van der Waals surface area contributed by atoms with E-state index in [1.807, 2.05) is 0 Å². The van der Waals surface area contributed by atoms with E-state index in [9.17, 15) is 14.7 Å². The molecule has 1 unspecified atom stereocenters. The van der Waals surface area contributed by atoms with Crippen LogP contribution in [0.1, 0.15) is 21.3 Å². The number of nitrogens with one attached hydrogen (secondary N) is 1. The van der Waals surface area contributed by atoms with Crippen LogP contribution in [-0.2, 0) is 4.79 Å². The molecule has 7 heteroatoms. The average Bonchev–Trinajstić information content (AvgIpc) is 2.92. The van der Waals surface area contributed by atoms with Crippen molar-refractivity contribution in [3.05, 3.63) is 51.2 Å². The van der Waals surface area contributed by atoms with Gasteiger partial charge in [0.25, 0.3) is 5.91 Å². The Morgan fingerprint density at radius 3 is 2.60 bits per heavy atom. The quantitative estimate of drug-likeness (QED) is 0.810. The number of thiophene rings is 1.